The maximum atomic E-state index is 11.8. The number of aromatic nitrogens is 1. The van der Waals surface area contributed by atoms with Gasteiger partial charge in [-0.3, -0.25) is 4.79 Å². The zero-order valence-corrected chi connectivity index (χ0v) is 13.4. The Bertz CT molecular complexity index is 640. The molecule has 3 rings (SSSR count). The van der Waals surface area contributed by atoms with Crippen LogP contribution in [0.2, 0.25) is 0 Å². The van der Waals surface area contributed by atoms with Gasteiger partial charge < -0.3 is 9.64 Å². The second-order valence-electron chi connectivity index (χ2n) is 5.93. The average Bonchev–Trinajstić information content (AvgIpc) is 2.61. The zero-order chi connectivity index (χ0) is 16.1. The number of pyridine rings is 1. The molecule has 1 fully saturated rings. The largest absolute Gasteiger partial charge is 0.473 e. The molecule has 0 radical (unpaired) electrons. The van der Waals surface area contributed by atoms with Gasteiger partial charge in [-0.25, -0.2) is 4.98 Å². The summed E-state index contributed by atoms with van der Waals surface area (Å²) in [5.74, 6) is 0.752. The second-order valence-corrected chi connectivity index (χ2v) is 5.93. The van der Waals surface area contributed by atoms with Crippen LogP contribution >= 0.6 is 0 Å². The van der Waals surface area contributed by atoms with E-state index in [0.717, 1.165) is 36.9 Å². The van der Waals surface area contributed by atoms with E-state index in [4.69, 9.17) is 4.74 Å². The van der Waals surface area contributed by atoms with Crippen LogP contribution in [0.3, 0.4) is 0 Å². The standard InChI is InChI=1S/C19H22N2O2/c1-15(22)21-12-6-5-9-18(21)17-10-11-19(20-13-17)23-14-16-7-3-2-4-8-16/h2-4,7-8,10-11,13,18H,5-6,9,12,14H2,1H3/t18-/m0/s1. The number of ether oxygens (including phenoxy) is 1. The number of carbonyl (C=O) groups is 1. The maximum absolute atomic E-state index is 11.8. The van der Waals surface area contributed by atoms with Gasteiger partial charge in [0.1, 0.15) is 6.61 Å². The molecule has 1 aromatic heterocycles. The predicted molar refractivity (Wildman–Crippen MR) is 89.0 cm³/mol. The summed E-state index contributed by atoms with van der Waals surface area (Å²) in [6.45, 7) is 2.99. The van der Waals surface area contributed by atoms with Crippen molar-refractivity contribution in [3.8, 4) is 5.88 Å². The molecule has 0 spiro atoms. The minimum Gasteiger partial charge on any atom is -0.473 e. The lowest BCUT2D eigenvalue weighted by Gasteiger charge is -2.35. The Kier molecular flexibility index (Phi) is 4.91. The van der Waals surface area contributed by atoms with Crippen LogP contribution in [0, 0.1) is 0 Å². The van der Waals surface area contributed by atoms with Crippen molar-refractivity contribution in [3.05, 3.63) is 59.8 Å². The van der Waals surface area contributed by atoms with Crippen LogP contribution in [0.4, 0.5) is 0 Å². The molecule has 0 unspecified atom stereocenters. The summed E-state index contributed by atoms with van der Waals surface area (Å²) in [7, 11) is 0. The van der Waals surface area contributed by atoms with Crippen LogP contribution in [0.25, 0.3) is 0 Å². The van der Waals surface area contributed by atoms with Crippen LogP contribution < -0.4 is 4.74 Å². The number of hydrogen-bond donors (Lipinski definition) is 0. The van der Waals surface area contributed by atoms with Crippen molar-refractivity contribution in [2.45, 2.75) is 38.8 Å². The number of nitrogens with zero attached hydrogens (tertiary/aromatic N) is 2. The van der Waals surface area contributed by atoms with E-state index in [-0.39, 0.29) is 11.9 Å². The van der Waals surface area contributed by atoms with E-state index >= 15 is 0 Å². The molecule has 2 heterocycles. The molecule has 1 aliphatic heterocycles. The molecule has 0 bridgehead atoms. The van der Waals surface area contributed by atoms with Gasteiger partial charge in [0.2, 0.25) is 11.8 Å². The third-order valence-corrected chi connectivity index (χ3v) is 4.28. The normalized spacial score (nSPS) is 17.8. The monoisotopic (exact) mass is 310 g/mol. The smallest absolute Gasteiger partial charge is 0.219 e. The van der Waals surface area contributed by atoms with Crippen molar-refractivity contribution in [1.29, 1.82) is 0 Å². The lowest BCUT2D eigenvalue weighted by molar-refractivity contribution is -0.132. The molecule has 1 saturated heterocycles. The molecular formula is C19H22N2O2. The fourth-order valence-corrected chi connectivity index (χ4v) is 3.06. The third-order valence-electron chi connectivity index (χ3n) is 4.28. The van der Waals surface area contributed by atoms with E-state index in [1.807, 2.05) is 53.6 Å². The Morgan fingerprint density at radius 3 is 2.74 bits per heavy atom. The van der Waals surface area contributed by atoms with E-state index in [2.05, 4.69) is 4.98 Å². The topological polar surface area (TPSA) is 42.4 Å². The highest BCUT2D eigenvalue weighted by Crippen LogP contribution is 2.31. The Morgan fingerprint density at radius 2 is 2.04 bits per heavy atom. The Hall–Kier alpha value is -2.36. The van der Waals surface area contributed by atoms with E-state index in [1.165, 1.54) is 0 Å². The number of piperidine rings is 1. The Balaban J connectivity index is 1.65. The summed E-state index contributed by atoms with van der Waals surface area (Å²) >= 11 is 0. The molecule has 1 aromatic carbocycles. The van der Waals surface area contributed by atoms with E-state index < -0.39 is 0 Å². The van der Waals surface area contributed by atoms with Crippen LogP contribution in [-0.4, -0.2) is 22.3 Å². The molecule has 0 N–H and O–H groups in total. The van der Waals surface area contributed by atoms with Gasteiger partial charge in [-0.1, -0.05) is 36.4 Å². The minimum atomic E-state index is 0.138. The number of benzene rings is 1. The van der Waals surface area contributed by atoms with Crippen molar-refractivity contribution in [3.63, 3.8) is 0 Å². The van der Waals surface area contributed by atoms with Gasteiger partial charge in [0.25, 0.3) is 0 Å². The SMILES string of the molecule is CC(=O)N1CCCC[C@H]1c1ccc(OCc2ccccc2)nc1. The lowest BCUT2D eigenvalue weighted by atomic mass is 9.96. The van der Waals surface area contributed by atoms with Crippen molar-refractivity contribution < 1.29 is 9.53 Å². The summed E-state index contributed by atoms with van der Waals surface area (Å²) in [5, 5.41) is 0. The summed E-state index contributed by atoms with van der Waals surface area (Å²) < 4.78 is 5.72. The van der Waals surface area contributed by atoms with Crippen LogP contribution in [0.1, 0.15) is 43.4 Å². The van der Waals surface area contributed by atoms with Crippen LogP contribution in [0.15, 0.2) is 48.7 Å². The number of amides is 1. The van der Waals surface area contributed by atoms with E-state index in [1.54, 1.807) is 6.92 Å². The van der Waals surface area contributed by atoms with Gasteiger partial charge >= 0.3 is 0 Å². The van der Waals surface area contributed by atoms with Crippen molar-refractivity contribution in [2.75, 3.05) is 6.54 Å². The van der Waals surface area contributed by atoms with Gasteiger partial charge in [0.15, 0.2) is 0 Å². The molecule has 120 valence electrons. The number of likely N-dealkylation sites (tertiary alicyclic amines) is 1. The molecule has 0 saturated carbocycles. The van der Waals surface area contributed by atoms with Crippen molar-refractivity contribution in [2.24, 2.45) is 0 Å². The van der Waals surface area contributed by atoms with Gasteiger partial charge in [-0.05, 0) is 30.4 Å². The quantitative estimate of drug-likeness (QED) is 0.864. The van der Waals surface area contributed by atoms with E-state index in [9.17, 15) is 4.79 Å². The molecule has 4 heteroatoms. The molecule has 1 amide bonds. The predicted octanol–water partition coefficient (Wildman–Crippen LogP) is 3.73. The van der Waals surface area contributed by atoms with Crippen molar-refractivity contribution >= 4 is 5.91 Å². The summed E-state index contributed by atoms with van der Waals surface area (Å²) in [4.78, 5) is 18.1. The van der Waals surface area contributed by atoms with Gasteiger partial charge in [-0.2, -0.15) is 0 Å². The maximum Gasteiger partial charge on any atom is 0.219 e. The first-order valence-corrected chi connectivity index (χ1v) is 8.14. The van der Waals surface area contributed by atoms with Crippen molar-refractivity contribution in [1.82, 2.24) is 9.88 Å². The summed E-state index contributed by atoms with van der Waals surface area (Å²) in [6.07, 6.45) is 5.08. The van der Waals surface area contributed by atoms with E-state index in [0.29, 0.717) is 12.5 Å². The van der Waals surface area contributed by atoms with Crippen LogP contribution in [-0.2, 0) is 11.4 Å². The molecule has 4 nitrogen and oxygen atoms in total. The number of hydrogen-bond acceptors (Lipinski definition) is 3. The first-order valence-electron chi connectivity index (χ1n) is 8.14. The fraction of sp³-hybridized carbons (Fsp3) is 0.368. The number of rotatable bonds is 4. The molecule has 23 heavy (non-hydrogen) atoms. The average molecular weight is 310 g/mol. The second kappa shape index (κ2) is 7.27. The lowest BCUT2D eigenvalue weighted by Crippen LogP contribution is -2.36. The first-order chi connectivity index (χ1) is 11.2. The first kappa shape index (κ1) is 15.5. The van der Waals surface area contributed by atoms with Crippen LogP contribution in [0.5, 0.6) is 5.88 Å². The highest BCUT2D eigenvalue weighted by molar-refractivity contribution is 5.74. The Morgan fingerprint density at radius 1 is 1.22 bits per heavy atom. The molecule has 1 atom stereocenters. The molecule has 2 aromatic rings. The summed E-state index contributed by atoms with van der Waals surface area (Å²) in [6, 6.07) is 14.1. The fourth-order valence-electron chi connectivity index (χ4n) is 3.06. The highest BCUT2D eigenvalue weighted by atomic mass is 16.5. The van der Waals surface area contributed by atoms with Gasteiger partial charge in [0.05, 0.1) is 6.04 Å². The third kappa shape index (κ3) is 3.89. The molecule has 0 aliphatic carbocycles. The van der Waals surface area contributed by atoms with Gasteiger partial charge in [0, 0.05) is 25.7 Å². The molecular weight excluding hydrogens is 288 g/mol. The minimum absolute atomic E-state index is 0.138. The van der Waals surface area contributed by atoms with Gasteiger partial charge in [-0.15, -0.1) is 0 Å². The molecule has 1 aliphatic rings. The zero-order valence-electron chi connectivity index (χ0n) is 13.4. The summed E-state index contributed by atoms with van der Waals surface area (Å²) in [5.41, 5.74) is 2.21. The Labute approximate surface area is 137 Å². The highest BCUT2D eigenvalue weighted by Gasteiger charge is 2.25. The number of carbonyl (C=O) groups excluding carboxylic acids is 1.